The van der Waals surface area contributed by atoms with Gasteiger partial charge >= 0.3 is 0 Å². The van der Waals surface area contributed by atoms with Gasteiger partial charge in [-0.2, -0.15) is 0 Å². The minimum absolute atomic E-state index is 0.000588. The van der Waals surface area contributed by atoms with Crippen molar-refractivity contribution >= 4 is 31.9 Å². The Balaban J connectivity index is 2.35. The fourth-order valence-electron chi connectivity index (χ4n) is 1.39. The molecule has 0 saturated carbocycles. The van der Waals surface area contributed by atoms with E-state index in [9.17, 15) is 8.42 Å². The molecule has 19 heavy (non-hydrogen) atoms. The molecule has 1 heterocycles. The summed E-state index contributed by atoms with van der Waals surface area (Å²) in [5, 5.41) is 8.99. The number of rotatable bonds is 4. The first-order valence-corrected chi connectivity index (χ1v) is 7.49. The zero-order valence-corrected chi connectivity index (χ0v) is 12.0. The molecule has 0 bridgehead atoms. The van der Waals surface area contributed by atoms with E-state index < -0.39 is 10.0 Å². The minimum Gasteiger partial charge on any atom is -0.392 e. The SMILES string of the molecule is O=S(=O)(Nc1ncccn1)c1ccc(CO)cc1Br. The maximum absolute atomic E-state index is 12.1. The maximum Gasteiger partial charge on any atom is 0.265 e. The van der Waals surface area contributed by atoms with Crippen LogP contribution < -0.4 is 4.72 Å². The Bertz CT molecular complexity index is 677. The first kappa shape index (κ1) is 13.9. The van der Waals surface area contributed by atoms with Gasteiger partial charge in [-0.15, -0.1) is 0 Å². The van der Waals surface area contributed by atoms with Gasteiger partial charge in [-0.3, -0.25) is 0 Å². The van der Waals surface area contributed by atoms with E-state index >= 15 is 0 Å². The summed E-state index contributed by atoms with van der Waals surface area (Å²) in [5.41, 5.74) is 0.613. The highest BCUT2D eigenvalue weighted by Crippen LogP contribution is 2.24. The van der Waals surface area contributed by atoms with Gasteiger partial charge in [-0.1, -0.05) is 6.07 Å². The summed E-state index contributed by atoms with van der Waals surface area (Å²) in [4.78, 5) is 7.65. The van der Waals surface area contributed by atoms with Crippen LogP contribution in [-0.4, -0.2) is 23.5 Å². The Morgan fingerprint density at radius 2 is 1.95 bits per heavy atom. The number of aliphatic hydroxyl groups excluding tert-OH is 1. The average molecular weight is 344 g/mol. The Morgan fingerprint density at radius 1 is 1.26 bits per heavy atom. The van der Waals surface area contributed by atoms with Crippen molar-refractivity contribution < 1.29 is 13.5 Å². The van der Waals surface area contributed by atoms with Crippen LogP contribution in [0.15, 0.2) is 46.0 Å². The number of sulfonamides is 1. The quantitative estimate of drug-likeness (QED) is 0.878. The molecule has 0 radical (unpaired) electrons. The van der Waals surface area contributed by atoms with E-state index in [1.165, 1.54) is 24.5 Å². The highest BCUT2D eigenvalue weighted by Gasteiger charge is 2.18. The van der Waals surface area contributed by atoms with Crippen molar-refractivity contribution in [2.24, 2.45) is 0 Å². The van der Waals surface area contributed by atoms with Crippen molar-refractivity contribution in [1.29, 1.82) is 0 Å². The Morgan fingerprint density at radius 3 is 2.53 bits per heavy atom. The van der Waals surface area contributed by atoms with Crippen molar-refractivity contribution in [3.63, 3.8) is 0 Å². The monoisotopic (exact) mass is 343 g/mol. The lowest BCUT2D eigenvalue weighted by atomic mass is 10.2. The molecule has 0 aliphatic rings. The third-order valence-corrected chi connectivity index (χ3v) is 4.56. The first-order chi connectivity index (χ1) is 9.03. The van der Waals surface area contributed by atoms with E-state index in [0.717, 1.165) is 0 Å². The molecule has 2 aromatic rings. The normalized spacial score (nSPS) is 11.3. The fraction of sp³-hybridized carbons (Fsp3) is 0.0909. The molecular weight excluding hydrogens is 334 g/mol. The Kier molecular flexibility index (Phi) is 4.13. The number of aliphatic hydroxyl groups is 1. The predicted molar refractivity (Wildman–Crippen MR) is 72.9 cm³/mol. The molecule has 0 atom stereocenters. The van der Waals surface area contributed by atoms with Gasteiger partial charge in [0.2, 0.25) is 5.95 Å². The van der Waals surface area contributed by atoms with Gasteiger partial charge in [0.25, 0.3) is 10.0 Å². The van der Waals surface area contributed by atoms with Crippen LogP contribution in [0.1, 0.15) is 5.56 Å². The van der Waals surface area contributed by atoms with Gasteiger partial charge < -0.3 is 5.11 Å². The van der Waals surface area contributed by atoms with Gasteiger partial charge in [-0.05, 0) is 39.7 Å². The largest absolute Gasteiger partial charge is 0.392 e. The summed E-state index contributed by atoms with van der Waals surface area (Å²) in [6.07, 6.45) is 2.88. The van der Waals surface area contributed by atoms with E-state index in [1.807, 2.05) is 0 Å². The molecule has 2 N–H and O–H groups in total. The highest BCUT2D eigenvalue weighted by molar-refractivity contribution is 9.10. The second-order valence-electron chi connectivity index (χ2n) is 3.60. The number of aromatic nitrogens is 2. The van der Waals surface area contributed by atoms with E-state index in [0.29, 0.717) is 10.0 Å². The van der Waals surface area contributed by atoms with Crippen LogP contribution >= 0.6 is 15.9 Å². The molecule has 0 fully saturated rings. The molecule has 8 heteroatoms. The number of halogens is 1. The lowest BCUT2D eigenvalue weighted by Crippen LogP contribution is -2.15. The molecule has 1 aromatic carbocycles. The number of nitrogens with zero attached hydrogens (tertiary/aromatic N) is 2. The summed E-state index contributed by atoms with van der Waals surface area (Å²) in [5.74, 6) is 0.000588. The van der Waals surface area contributed by atoms with E-state index in [1.54, 1.807) is 12.1 Å². The van der Waals surface area contributed by atoms with Crippen molar-refractivity contribution in [3.8, 4) is 0 Å². The molecule has 0 unspecified atom stereocenters. The van der Waals surface area contributed by atoms with Crippen molar-refractivity contribution in [3.05, 3.63) is 46.7 Å². The fourth-order valence-corrected chi connectivity index (χ4v) is 3.47. The van der Waals surface area contributed by atoms with Crippen LogP contribution in [-0.2, 0) is 16.6 Å². The van der Waals surface area contributed by atoms with Crippen molar-refractivity contribution in [2.45, 2.75) is 11.5 Å². The van der Waals surface area contributed by atoms with Crippen LogP contribution in [0.25, 0.3) is 0 Å². The topological polar surface area (TPSA) is 92.2 Å². The smallest absolute Gasteiger partial charge is 0.265 e. The number of benzene rings is 1. The van der Waals surface area contributed by atoms with Gasteiger partial charge in [0.1, 0.15) is 4.90 Å². The zero-order valence-electron chi connectivity index (χ0n) is 9.62. The van der Waals surface area contributed by atoms with Gasteiger partial charge in [0, 0.05) is 16.9 Å². The highest BCUT2D eigenvalue weighted by atomic mass is 79.9. The van der Waals surface area contributed by atoms with Crippen LogP contribution in [0.3, 0.4) is 0 Å². The van der Waals surface area contributed by atoms with E-state index in [-0.39, 0.29) is 17.5 Å². The lowest BCUT2D eigenvalue weighted by molar-refractivity contribution is 0.281. The van der Waals surface area contributed by atoms with Crippen LogP contribution in [0.4, 0.5) is 5.95 Å². The zero-order chi connectivity index (χ0) is 13.9. The Labute approximate surface area is 118 Å². The third kappa shape index (κ3) is 3.28. The number of anilines is 1. The molecule has 0 spiro atoms. The summed E-state index contributed by atoms with van der Waals surface area (Å²) >= 11 is 3.17. The van der Waals surface area contributed by atoms with Crippen LogP contribution in [0, 0.1) is 0 Å². The van der Waals surface area contributed by atoms with Gasteiger partial charge in [0.05, 0.1) is 6.61 Å². The predicted octanol–water partition coefficient (Wildman–Crippen LogP) is 1.53. The summed E-state index contributed by atoms with van der Waals surface area (Å²) < 4.78 is 26.9. The molecule has 0 aliphatic carbocycles. The molecule has 0 amide bonds. The molecule has 2 rings (SSSR count). The third-order valence-electron chi connectivity index (χ3n) is 2.26. The summed E-state index contributed by atoms with van der Waals surface area (Å²) in [6.45, 7) is -0.159. The molecular formula is C11H10BrN3O3S. The van der Waals surface area contributed by atoms with Crippen molar-refractivity contribution in [2.75, 3.05) is 4.72 Å². The van der Waals surface area contributed by atoms with E-state index in [2.05, 4.69) is 30.6 Å². The second kappa shape index (κ2) is 5.64. The summed E-state index contributed by atoms with van der Waals surface area (Å²) in [7, 11) is -3.77. The number of hydrogen-bond donors (Lipinski definition) is 2. The number of hydrogen-bond acceptors (Lipinski definition) is 5. The molecule has 1 aromatic heterocycles. The van der Waals surface area contributed by atoms with Gasteiger partial charge in [-0.25, -0.2) is 23.1 Å². The second-order valence-corrected chi connectivity index (χ2v) is 6.11. The Hall–Kier alpha value is -1.51. The van der Waals surface area contributed by atoms with Gasteiger partial charge in [0.15, 0.2) is 0 Å². The first-order valence-electron chi connectivity index (χ1n) is 5.22. The molecule has 100 valence electrons. The van der Waals surface area contributed by atoms with Crippen LogP contribution in [0.5, 0.6) is 0 Å². The molecule has 6 nitrogen and oxygen atoms in total. The lowest BCUT2D eigenvalue weighted by Gasteiger charge is -2.08. The molecule has 0 aliphatic heterocycles. The van der Waals surface area contributed by atoms with Crippen LogP contribution in [0.2, 0.25) is 0 Å². The molecule has 0 saturated heterocycles. The minimum atomic E-state index is -3.77. The van der Waals surface area contributed by atoms with Crippen molar-refractivity contribution in [1.82, 2.24) is 9.97 Å². The maximum atomic E-state index is 12.1. The summed E-state index contributed by atoms with van der Waals surface area (Å²) in [6, 6.07) is 6.07. The van der Waals surface area contributed by atoms with E-state index in [4.69, 9.17) is 5.11 Å². The average Bonchev–Trinajstić information content (AvgIpc) is 2.38. The number of nitrogens with one attached hydrogen (secondary N) is 1. The standard InChI is InChI=1S/C11H10BrN3O3S/c12-9-6-8(7-16)2-3-10(9)19(17,18)15-11-13-4-1-5-14-11/h1-6,16H,7H2,(H,13,14,15).